The molecule has 4 amide bonds. The van der Waals surface area contributed by atoms with Crippen molar-refractivity contribution in [2.45, 2.75) is 84.0 Å². The Bertz CT molecular complexity index is 1410. The number of carbonyl (C=O) groups is 4. The van der Waals surface area contributed by atoms with E-state index in [1.54, 1.807) is 4.90 Å². The molecule has 260 valence electrons. The van der Waals surface area contributed by atoms with E-state index in [0.29, 0.717) is 57.8 Å². The zero-order valence-corrected chi connectivity index (χ0v) is 28.4. The molecular formula is C36H51N7O5. The molecule has 6 N–H and O–H groups in total. The van der Waals surface area contributed by atoms with Crippen molar-refractivity contribution in [1.82, 2.24) is 20.4 Å². The minimum atomic E-state index is -0.896. The molecule has 0 spiro atoms. The first kappa shape index (κ1) is 36.2. The molecular weight excluding hydrogens is 610 g/mol. The van der Waals surface area contributed by atoms with Gasteiger partial charge in [0.15, 0.2) is 5.96 Å². The number of rotatable bonds is 14. The number of nitrogens with one attached hydrogen (secondary N) is 2. The molecule has 12 nitrogen and oxygen atoms in total. The van der Waals surface area contributed by atoms with Gasteiger partial charge in [0.2, 0.25) is 23.6 Å². The quantitative estimate of drug-likeness (QED) is 0.178. The summed E-state index contributed by atoms with van der Waals surface area (Å²) in [4.78, 5) is 61.2. The summed E-state index contributed by atoms with van der Waals surface area (Å²) in [6, 6.07) is 14.9. The van der Waals surface area contributed by atoms with Crippen LogP contribution in [0, 0.1) is 11.8 Å². The van der Waals surface area contributed by atoms with Crippen LogP contribution in [0.1, 0.15) is 64.0 Å². The Hall–Kier alpha value is -4.61. The number of likely N-dealkylation sites (tertiary alicyclic amines) is 2. The number of benzene rings is 2. The summed E-state index contributed by atoms with van der Waals surface area (Å²) in [5, 5.41) is 5.70. The van der Waals surface area contributed by atoms with Crippen molar-refractivity contribution in [3.8, 4) is 5.75 Å². The number of ether oxygens (including phenoxy) is 1. The molecule has 0 aromatic heterocycles. The van der Waals surface area contributed by atoms with Crippen LogP contribution in [-0.4, -0.2) is 83.7 Å². The van der Waals surface area contributed by atoms with Gasteiger partial charge in [-0.25, -0.2) is 0 Å². The number of carbonyl (C=O) groups excluding carboxylic acids is 4. The van der Waals surface area contributed by atoms with Crippen molar-refractivity contribution in [3.05, 3.63) is 65.7 Å². The fourth-order valence-corrected chi connectivity index (χ4v) is 6.47. The van der Waals surface area contributed by atoms with Crippen LogP contribution < -0.4 is 26.8 Å². The second-order valence-corrected chi connectivity index (χ2v) is 13.3. The van der Waals surface area contributed by atoms with E-state index in [4.69, 9.17) is 16.2 Å². The first-order valence-corrected chi connectivity index (χ1v) is 17.0. The van der Waals surface area contributed by atoms with Crippen LogP contribution in [0.5, 0.6) is 5.75 Å². The largest absolute Gasteiger partial charge is 0.489 e. The van der Waals surface area contributed by atoms with Crippen LogP contribution in [0.3, 0.4) is 0 Å². The van der Waals surface area contributed by atoms with Gasteiger partial charge in [0, 0.05) is 39.5 Å². The van der Waals surface area contributed by atoms with E-state index >= 15 is 0 Å². The average Bonchev–Trinajstić information content (AvgIpc) is 3.56. The molecule has 4 atom stereocenters. The molecule has 2 saturated heterocycles. The van der Waals surface area contributed by atoms with E-state index in [2.05, 4.69) is 15.6 Å². The third kappa shape index (κ3) is 10.7. The van der Waals surface area contributed by atoms with Gasteiger partial charge >= 0.3 is 0 Å². The smallest absolute Gasteiger partial charge is 0.245 e. The summed E-state index contributed by atoms with van der Waals surface area (Å²) in [6.07, 6.45) is 3.67. The zero-order chi connectivity index (χ0) is 34.6. The highest BCUT2D eigenvalue weighted by Crippen LogP contribution is 2.25. The lowest BCUT2D eigenvalue weighted by atomic mass is 9.97. The van der Waals surface area contributed by atoms with Crippen molar-refractivity contribution in [1.29, 1.82) is 0 Å². The number of hydrogen-bond donors (Lipinski definition) is 4. The summed E-state index contributed by atoms with van der Waals surface area (Å²) in [7, 11) is 0. The molecule has 2 heterocycles. The number of hydrogen-bond acceptors (Lipinski definition) is 6. The first-order chi connectivity index (χ1) is 23.0. The van der Waals surface area contributed by atoms with Crippen molar-refractivity contribution in [2.75, 3.05) is 26.2 Å². The van der Waals surface area contributed by atoms with Gasteiger partial charge in [-0.15, -0.1) is 0 Å². The van der Waals surface area contributed by atoms with Crippen LogP contribution in [0.2, 0.25) is 0 Å². The second-order valence-electron chi connectivity index (χ2n) is 13.3. The minimum absolute atomic E-state index is 0.0343. The maximum absolute atomic E-state index is 14.1. The van der Waals surface area contributed by atoms with Crippen LogP contribution in [0.25, 0.3) is 0 Å². The standard InChI is InChI=1S/C36H51N7O5/c1-24(2)19-31(34(46)43-18-8-12-32(43)35(47)42-17-7-11-28(22-42)21-39-36(37)38)41-33(45)30(40-25(3)44)20-26-13-15-29(16-14-26)48-23-27-9-5-4-6-10-27/h4-6,9-10,13-16,24,28,30-32H,7-8,11-12,17-23H2,1-3H3,(H,40,44)(H,41,45)(H4,37,38,39)/t28?,30-,31-,32-/m0/s1. The highest BCUT2D eigenvalue weighted by Gasteiger charge is 2.41. The van der Waals surface area contributed by atoms with E-state index in [1.165, 1.54) is 6.92 Å². The monoisotopic (exact) mass is 661 g/mol. The Morgan fingerprint density at radius 1 is 0.917 bits per heavy atom. The van der Waals surface area contributed by atoms with Gasteiger partial charge in [-0.2, -0.15) is 0 Å². The van der Waals surface area contributed by atoms with Gasteiger partial charge in [0.1, 0.15) is 30.5 Å². The fraction of sp³-hybridized carbons (Fsp3) is 0.528. The minimum Gasteiger partial charge on any atom is -0.489 e. The third-order valence-corrected chi connectivity index (χ3v) is 8.81. The number of guanidine groups is 1. The molecule has 48 heavy (non-hydrogen) atoms. The van der Waals surface area contributed by atoms with Crippen molar-refractivity contribution < 1.29 is 23.9 Å². The van der Waals surface area contributed by atoms with Gasteiger partial charge in [-0.3, -0.25) is 24.2 Å². The molecule has 2 aromatic carbocycles. The molecule has 2 fully saturated rings. The van der Waals surface area contributed by atoms with Crippen LogP contribution in [0.4, 0.5) is 0 Å². The van der Waals surface area contributed by atoms with Crippen LogP contribution in [-0.2, 0) is 32.2 Å². The predicted molar refractivity (Wildman–Crippen MR) is 185 cm³/mol. The molecule has 12 heteroatoms. The second kappa shape index (κ2) is 17.5. The molecule has 2 aromatic rings. The third-order valence-electron chi connectivity index (χ3n) is 8.81. The van der Waals surface area contributed by atoms with Crippen molar-refractivity contribution in [2.24, 2.45) is 28.3 Å². The highest BCUT2D eigenvalue weighted by atomic mass is 16.5. The summed E-state index contributed by atoms with van der Waals surface area (Å²) in [6.45, 7) is 7.83. The Balaban J connectivity index is 1.41. The zero-order valence-electron chi connectivity index (χ0n) is 28.4. The lowest BCUT2D eigenvalue weighted by Crippen LogP contribution is -2.58. The molecule has 2 aliphatic rings. The predicted octanol–water partition coefficient (Wildman–Crippen LogP) is 2.35. The number of amides is 4. The molecule has 2 aliphatic heterocycles. The van der Waals surface area contributed by atoms with E-state index in [0.717, 1.165) is 24.0 Å². The summed E-state index contributed by atoms with van der Waals surface area (Å²) in [5.74, 6) is -0.171. The summed E-state index contributed by atoms with van der Waals surface area (Å²) >= 11 is 0. The molecule has 0 aliphatic carbocycles. The maximum atomic E-state index is 14.1. The number of piperidine rings is 1. The normalized spacial score (nSPS) is 18.9. The Labute approximate surface area is 283 Å². The molecule has 0 radical (unpaired) electrons. The number of nitrogens with zero attached hydrogens (tertiary/aromatic N) is 3. The highest BCUT2D eigenvalue weighted by molar-refractivity contribution is 5.94. The van der Waals surface area contributed by atoms with Gasteiger partial charge in [-0.1, -0.05) is 56.3 Å². The first-order valence-electron chi connectivity index (χ1n) is 17.0. The van der Waals surface area contributed by atoms with Crippen molar-refractivity contribution in [3.63, 3.8) is 0 Å². The Kier molecular flexibility index (Phi) is 13.2. The van der Waals surface area contributed by atoms with E-state index < -0.39 is 24.0 Å². The van der Waals surface area contributed by atoms with Crippen LogP contribution in [0.15, 0.2) is 59.6 Å². The topological polar surface area (TPSA) is 172 Å². The van der Waals surface area contributed by atoms with E-state index in [9.17, 15) is 19.2 Å². The number of aliphatic imine (C=N–C) groups is 1. The Morgan fingerprint density at radius 2 is 1.62 bits per heavy atom. The molecule has 0 bridgehead atoms. The van der Waals surface area contributed by atoms with E-state index in [-0.39, 0.29) is 41.9 Å². The lowest BCUT2D eigenvalue weighted by molar-refractivity contribution is -0.147. The average molecular weight is 662 g/mol. The maximum Gasteiger partial charge on any atom is 0.245 e. The molecule has 1 unspecified atom stereocenters. The van der Waals surface area contributed by atoms with Gasteiger partial charge in [-0.05, 0) is 67.2 Å². The van der Waals surface area contributed by atoms with Crippen molar-refractivity contribution >= 4 is 29.6 Å². The molecule has 4 rings (SSSR count). The Morgan fingerprint density at radius 3 is 2.29 bits per heavy atom. The van der Waals surface area contributed by atoms with Crippen LogP contribution >= 0.6 is 0 Å². The molecule has 0 saturated carbocycles. The van der Waals surface area contributed by atoms with Gasteiger partial charge in [0.05, 0.1) is 0 Å². The number of nitrogens with two attached hydrogens (primary N) is 2. The summed E-state index contributed by atoms with van der Waals surface area (Å²) in [5.41, 5.74) is 12.9. The SMILES string of the molecule is CC(=O)N[C@@H](Cc1ccc(OCc2ccccc2)cc1)C(=O)N[C@@H](CC(C)C)C(=O)N1CCC[C@H]1C(=O)N1CCCC(CN=C(N)N)C1. The van der Waals surface area contributed by atoms with E-state index in [1.807, 2.05) is 73.3 Å². The van der Waals surface area contributed by atoms with Gasteiger partial charge < -0.3 is 36.6 Å². The summed E-state index contributed by atoms with van der Waals surface area (Å²) < 4.78 is 5.89. The van der Waals surface area contributed by atoms with Gasteiger partial charge in [0.25, 0.3) is 0 Å². The lowest BCUT2D eigenvalue weighted by Gasteiger charge is -2.37. The fourth-order valence-electron chi connectivity index (χ4n) is 6.47.